The first kappa shape index (κ1) is 15.4. The predicted molar refractivity (Wildman–Crippen MR) is 74.6 cm³/mol. The topological polar surface area (TPSA) is 66.4 Å². The number of carbonyl (C=O) groups is 2. The van der Waals surface area contributed by atoms with Crippen LogP contribution in [0.15, 0.2) is 24.3 Å². The Kier molecular flexibility index (Phi) is 4.84. The average Bonchev–Trinajstić information content (AvgIpc) is 2.34. The summed E-state index contributed by atoms with van der Waals surface area (Å²) >= 11 is 0. The van der Waals surface area contributed by atoms with E-state index < -0.39 is 12.0 Å². The Labute approximate surface area is 113 Å². The van der Waals surface area contributed by atoms with Gasteiger partial charge in [-0.1, -0.05) is 45.0 Å². The molecule has 1 aromatic carbocycles. The van der Waals surface area contributed by atoms with Gasteiger partial charge in [0, 0.05) is 5.56 Å². The summed E-state index contributed by atoms with van der Waals surface area (Å²) in [6.45, 7) is 6.31. The highest BCUT2D eigenvalue weighted by Crippen LogP contribution is 2.22. The molecule has 104 valence electrons. The molecule has 1 aromatic rings. The van der Waals surface area contributed by atoms with Crippen LogP contribution in [0, 0.1) is 0 Å². The Hall–Kier alpha value is -1.68. The molecule has 0 heterocycles. The molecule has 0 fully saturated rings. The van der Waals surface area contributed by atoms with Crippen LogP contribution in [0.4, 0.5) is 0 Å². The summed E-state index contributed by atoms with van der Waals surface area (Å²) in [5.74, 6) is -1.18. The van der Waals surface area contributed by atoms with Crippen molar-refractivity contribution in [1.82, 2.24) is 5.32 Å². The first-order valence-electron chi connectivity index (χ1n) is 6.29. The lowest BCUT2D eigenvalue weighted by Crippen LogP contribution is -2.36. The molecule has 0 aliphatic heterocycles. The summed E-state index contributed by atoms with van der Waals surface area (Å²) in [5, 5.41) is 11.5. The van der Waals surface area contributed by atoms with Crippen LogP contribution in [0.5, 0.6) is 0 Å². The fraction of sp³-hybridized carbons (Fsp3) is 0.467. The molecule has 19 heavy (non-hydrogen) atoms. The lowest BCUT2D eigenvalue weighted by Gasteiger charge is -2.19. The van der Waals surface area contributed by atoms with Crippen molar-refractivity contribution in [3.8, 4) is 0 Å². The number of Topliss-reactive ketones (excluding diaryl/α,β-unsaturated/α-hetero) is 1. The van der Waals surface area contributed by atoms with E-state index in [4.69, 9.17) is 5.11 Å². The van der Waals surface area contributed by atoms with Crippen molar-refractivity contribution in [2.24, 2.45) is 0 Å². The SMILES string of the molecule is CNC(CC(=O)O)C(=O)c1ccc(C(C)(C)C)cc1. The van der Waals surface area contributed by atoms with E-state index in [1.54, 1.807) is 19.2 Å². The third-order valence-corrected chi connectivity index (χ3v) is 3.08. The van der Waals surface area contributed by atoms with Crippen molar-refractivity contribution in [1.29, 1.82) is 0 Å². The maximum atomic E-state index is 12.1. The Morgan fingerprint density at radius 3 is 2.11 bits per heavy atom. The summed E-state index contributed by atoms with van der Waals surface area (Å²) < 4.78 is 0. The summed E-state index contributed by atoms with van der Waals surface area (Å²) in [5.41, 5.74) is 1.71. The Bertz CT molecular complexity index is 457. The fourth-order valence-electron chi connectivity index (χ4n) is 1.84. The van der Waals surface area contributed by atoms with Crippen molar-refractivity contribution in [2.75, 3.05) is 7.05 Å². The van der Waals surface area contributed by atoms with E-state index >= 15 is 0 Å². The average molecular weight is 263 g/mol. The van der Waals surface area contributed by atoms with Crippen LogP contribution in [0.3, 0.4) is 0 Å². The van der Waals surface area contributed by atoms with E-state index in [0.29, 0.717) is 5.56 Å². The van der Waals surface area contributed by atoms with Crippen LogP contribution in [0.25, 0.3) is 0 Å². The number of nitrogens with one attached hydrogen (secondary N) is 1. The van der Waals surface area contributed by atoms with E-state index in [9.17, 15) is 9.59 Å². The summed E-state index contributed by atoms with van der Waals surface area (Å²) in [7, 11) is 1.59. The Balaban J connectivity index is 2.91. The van der Waals surface area contributed by atoms with Crippen LogP contribution in [0.2, 0.25) is 0 Å². The van der Waals surface area contributed by atoms with Gasteiger partial charge in [-0.3, -0.25) is 9.59 Å². The number of likely N-dealkylation sites (N-methyl/N-ethyl adjacent to an activating group) is 1. The van der Waals surface area contributed by atoms with Crippen LogP contribution in [-0.2, 0) is 10.2 Å². The van der Waals surface area contributed by atoms with Crippen LogP contribution < -0.4 is 5.32 Å². The molecule has 0 saturated heterocycles. The first-order chi connectivity index (χ1) is 8.75. The van der Waals surface area contributed by atoms with Crippen LogP contribution in [0.1, 0.15) is 43.1 Å². The minimum Gasteiger partial charge on any atom is -0.481 e. The van der Waals surface area contributed by atoms with Gasteiger partial charge in [0.25, 0.3) is 0 Å². The predicted octanol–water partition coefficient (Wildman–Crippen LogP) is 2.23. The third-order valence-electron chi connectivity index (χ3n) is 3.08. The molecule has 0 bridgehead atoms. The summed E-state index contributed by atoms with van der Waals surface area (Å²) in [6, 6.07) is 6.67. The number of carbonyl (C=O) groups excluding carboxylic acids is 1. The maximum Gasteiger partial charge on any atom is 0.305 e. The van der Waals surface area contributed by atoms with Gasteiger partial charge in [-0.05, 0) is 18.0 Å². The molecule has 0 aromatic heterocycles. The zero-order valence-corrected chi connectivity index (χ0v) is 11.9. The number of rotatable bonds is 5. The lowest BCUT2D eigenvalue weighted by atomic mass is 9.86. The molecule has 1 unspecified atom stereocenters. The highest BCUT2D eigenvalue weighted by molar-refractivity contribution is 6.01. The monoisotopic (exact) mass is 263 g/mol. The number of aliphatic carboxylic acids is 1. The van der Waals surface area contributed by atoms with Gasteiger partial charge in [0.2, 0.25) is 0 Å². The molecule has 1 rings (SSSR count). The minimum atomic E-state index is -0.987. The zero-order chi connectivity index (χ0) is 14.6. The Morgan fingerprint density at radius 1 is 1.21 bits per heavy atom. The van der Waals surface area contributed by atoms with Gasteiger partial charge in [0.05, 0.1) is 12.5 Å². The molecular formula is C15H21NO3. The van der Waals surface area contributed by atoms with E-state index in [1.165, 1.54) is 0 Å². The first-order valence-corrected chi connectivity index (χ1v) is 6.29. The van der Waals surface area contributed by atoms with Gasteiger partial charge >= 0.3 is 5.97 Å². The smallest absolute Gasteiger partial charge is 0.305 e. The molecule has 0 aliphatic carbocycles. The Morgan fingerprint density at radius 2 is 1.74 bits per heavy atom. The van der Waals surface area contributed by atoms with Crippen molar-refractivity contribution in [3.05, 3.63) is 35.4 Å². The van der Waals surface area contributed by atoms with Gasteiger partial charge in [0.15, 0.2) is 5.78 Å². The van der Waals surface area contributed by atoms with E-state index in [0.717, 1.165) is 5.56 Å². The molecule has 0 aliphatic rings. The van der Waals surface area contributed by atoms with Gasteiger partial charge in [0.1, 0.15) is 0 Å². The van der Waals surface area contributed by atoms with Crippen LogP contribution in [-0.4, -0.2) is 29.9 Å². The van der Waals surface area contributed by atoms with Gasteiger partial charge < -0.3 is 10.4 Å². The van der Waals surface area contributed by atoms with Crippen molar-refractivity contribution >= 4 is 11.8 Å². The second-order valence-electron chi connectivity index (χ2n) is 5.63. The number of ketones is 1. The number of benzene rings is 1. The summed E-state index contributed by atoms with van der Waals surface area (Å²) in [6.07, 6.45) is -0.212. The zero-order valence-electron chi connectivity index (χ0n) is 11.9. The molecule has 4 nitrogen and oxygen atoms in total. The van der Waals surface area contributed by atoms with E-state index in [2.05, 4.69) is 26.1 Å². The molecule has 0 spiro atoms. The molecule has 0 saturated carbocycles. The highest BCUT2D eigenvalue weighted by atomic mass is 16.4. The van der Waals surface area contributed by atoms with Crippen molar-refractivity contribution < 1.29 is 14.7 Å². The third kappa shape index (κ3) is 4.17. The van der Waals surface area contributed by atoms with Gasteiger partial charge in [-0.25, -0.2) is 0 Å². The number of hydrogen-bond acceptors (Lipinski definition) is 3. The maximum absolute atomic E-state index is 12.1. The number of hydrogen-bond donors (Lipinski definition) is 2. The molecule has 4 heteroatoms. The largest absolute Gasteiger partial charge is 0.481 e. The lowest BCUT2D eigenvalue weighted by molar-refractivity contribution is -0.137. The molecule has 1 atom stereocenters. The van der Waals surface area contributed by atoms with Gasteiger partial charge in [-0.2, -0.15) is 0 Å². The molecule has 2 N–H and O–H groups in total. The molecular weight excluding hydrogens is 242 g/mol. The normalized spacial score (nSPS) is 13.1. The summed E-state index contributed by atoms with van der Waals surface area (Å²) in [4.78, 5) is 22.8. The van der Waals surface area contributed by atoms with E-state index in [1.807, 2.05) is 12.1 Å². The van der Waals surface area contributed by atoms with E-state index in [-0.39, 0.29) is 17.6 Å². The second kappa shape index (κ2) is 5.97. The minimum absolute atomic E-state index is 0.0328. The quantitative estimate of drug-likeness (QED) is 0.799. The highest BCUT2D eigenvalue weighted by Gasteiger charge is 2.21. The van der Waals surface area contributed by atoms with Crippen molar-refractivity contribution in [3.63, 3.8) is 0 Å². The fourth-order valence-corrected chi connectivity index (χ4v) is 1.84. The number of carboxylic acid groups (broad SMARTS) is 1. The second-order valence-corrected chi connectivity index (χ2v) is 5.63. The van der Waals surface area contributed by atoms with Crippen LogP contribution >= 0.6 is 0 Å². The standard InChI is InChI=1S/C15H21NO3/c1-15(2,3)11-7-5-10(6-8-11)14(19)12(16-4)9-13(17)18/h5-8,12,16H,9H2,1-4H3,(H,17,18). The molecule has 0 radical (unpaired) electrons. The van der Waals surface area contributed by atoms with Crippen molar-refractivity contribution in [2.45, 2.75) is 38.6 Å². The van der Waals surface area contributed by atoms with Gasteiger partial charge in [-0.15, -0.1) is 0 Å². The molecule has 0 amide bonds. The number of carboxylic acids is 1.